The molecule has 1 saturated carbocycles. The summed E-state index contributed by atoms with van der Waals surface area (Å²) in [5, 5.41) is 5.37. The Labute approximate surface area is 121 Å². The zero-order valence-electron chi connectivity index (χ0n) is 12.7. The van der Waals surface area contributed by atoms with E-state index in [-0.39, 0.29) is 24.0 Å². The topological polar surface area (TPSA) is 61.4 Å². The molecule has 1 aliphatic heterocycles. The molecule has 1 unspecified atom stereocenters. The third-order valence-corrected chi connectivity index (χ3v) is 4.67. The molecule has 0 aromatic rings. The molecule has 0 bridgehead atoms. The van der Waals surface area contributed by atoms with Crippen LogP contribution in [-0.2, 0) is 4.79 Å². The maximum absolute atomic E-state index is 12.1. The standard InChI is InChI=1S/C15H27N3O2/c1-11-7-9-18(10-8-11)12(2)14(19)17-15(20)16-13-5-3-4-6-13/h11-13H,3-10H2,1-2H3,(H2,16,17,19,20). The number of nitrogens with zero attached hydrogens (tertiary/aromatic N) is 1. The number of likely N-dealkylation sites (tertiary alicyclic amines) is 1. The molecule has 0 aromatic heterocycles. The Morgan fingerprint density at radius 2 is 1.70 bits per heavy atom. The Morgan fingerprint density at radius 1 is 1.10 bits per heavy atom. The van der Waals surface area contributed by atoms with Gasteiger partial charge < -0.3 is 5.32 Å². The van der Waals surface area contributed by atoms with Gasteiger partial charge in [-0.15, -0.1) is 0 Å². The quantitative estimate of drug-likeness (QED) is 0.830. The largest absolute Gasteiger partial charge is 0.335 e. The van der Waals surface area contributed by atoms with E-state index < -0.39 is 0 Å². The van der Waals surface area contributed by atoms with E-state index in [0.29, 0.717) is 0 Å². The van der Waals surface area contributed by atoms with E-state index in [2.05, 4.69) is 22.5 Å². The van der Waals surface area contributed by atoms with Crippen LogP contribution in [0, 0.1) is 5.92 Å². The van der Waals surface area contributed by atoms with Crippen molar-refractivity contribution in [2.75, 3.05) is 13.1 Å². The zero-order valence-corrected chi connectivity index (χ0v) is 12.7. The summed E-state index contributed by atoms with van der Waals surface area (Å²) in [7, 11) is 0. The molecule has 20 heavy (non-hydrogen) atoms. The monoisotopic (exact) mass is 281 g/mol. The molecule has 5 heteroatoms. The lowest BCUT2D eigenvalue weighted by molar-refractivity contribution is -0.125. The van der Waals surface area contributed by atoms with Crippen molar-refractivity contribution in [3.05, 3.63) is 0 Å². The van der Waals surface area contributed by atoms with Crippen LogP contribution in [0.2, 0.25) is 0 Å². The summed E-state index contributed by atoms with van der Waals surface area (Å²) in [4.78, 5) is 26.0. The van der Waals surface area contributed by atoms with Gasteiger partial charge in [0.1, 0.15) is 0 Å². The van der Waals surface area contributed by atoms with Gasteiger partial charge in [-0.2, -0.15) is 0 Å². The summed E-state index contributed by atoms with van der Waals surface area (Å²) in [5.74, 6) is 0.558. The van der Waals surface area contributed by atoms with Crippen LogP contribution < -0.4 is 10.6 Å². The molecular formula is C15H27N3O2. The van der Waals surface area contributed by atoms with Gasteiger partial charge in [-0.3, -0.25) is 15.0 Å². The van der Waals surface area contributed by atoms with E-state index in [9.17, 15) is 9.59 Å². The van der Waals surface area contributed by atoms with Gasteiger partial charge in [0, 0.05) is 6.04 Å². The summed E-state index contributed by atoms with van der Waals surface area (Å²) >= 11 is 0. The van der Waals surface area contributed by atoms with Crippen molar-refractivity contribution in [1.82, 2.24) is 15.5 Å². The van der Waals surface area contributed by atoms with Crippen LogP contribution in [0.3, 0.4) is 0 Å². The Kier molecular flexibility index (Phi) is 5.40. The number of hydrogen-bond donors (Lipinski definition) is 2. The molecule has 1 aliphatic carbocycles. The van der Waals surface area contributed by atoms with Gasteiger partial charge in [-0.05, 0) is 51.6 Å². The van der Waals surface area contributed by atoms with E-state index in [1.165, 1.54) is 12.8 Å². The van der Waals surface area contributed by atoms with Crippen molar-refractivity contribution in [2.45, 2.75) is 64.5 Å². The first-order valence-corrected chi connectivity index (χ1v) is 7.91. The number of piperidine rings is 1. The number of rotatable bonds is 3. The molecule has 1 heterocycles. The van der Waals surface area contributed by atoms with Gasteiger partial charge in [0.05, 0.1) is 6.04 Å². The highest BCUT2D eigenvalue weighted by molar-refractivity contribution is 5.96. The molecule has 3 amide bonds. The molecule has 1 atom stereocenters. The number of nitrogens with one attached hydrogen (secondary N) is 2. The second-order valence-electron chi connectivity index (χ2n) is 6.34. The van der Waals surface area contributed by atoms with Crippen LogP contribution in [0.15, 0.2) is 0 Å². The molecule has 1 saturated heterocycles. The molecule has 2 aliphatic rings. The van der Waals surface area contributed by atoms with Gasteiger partial charge in [0.15, 0.2) is 0 Å². The highest BCUT2D eigenvalue weighted by Gasteiger charge is 2.26. The number of carbonyl (C=O) groups is 2. The van der Waals surface area contributed by atoms with E-state index in [0.717, 1.165) is 44.7 Å². The van der Waals surface area contributed by atoms with Gasteiger partial charge in [0.25, 0.3) is 0 Å². The number of hydrogen-bond acceptors (Lipinski definition) is 3. The Balaban J connectivity index is 1.73. The van der Waals surface area contributed by atoms with Crippen molar-refractivity contribution < 1.29 is 9.59 Å². The summed E-state index contributed by atoms with van der Waals surface area (Å²) in [6.07, 6.45) is 6.66. The van der Waals surface area contributed by atoms with Crippen molar-refractivity contribution in [1.29, 1.82) is 0 Å². The summed E-state index contributed by atoms with van der Waals surface area (Å²) in [6, 6.07) is -0.315. The first-order valence-electron chi connectivity index (χ1n) is 7.91. The number of imide groups is 1. The lowest BCUT2D eigenvalue weighted by Gasteiger charge is -2.33. The molecular weight excluding hydrogens is 254 g/mol. The van der Waals surface area contributed by atoms with E-state index in [1.807, 2.05) is 6.92 Å². The van der Waals surface area contributed by atoms with Gasteiger partial charge in [-0.1, -0.05) is 19.8 Å². The van der Waals surface area contributed by atoms with E-state index in [1.54, 1.807) is 0 Å². The fourth-order valence-corrected chi connectivity index (χ4v) is 3.09. The third-order valence-electron chi connectivity index (χ3n) is 4.67. The highest BCUT2D eigenvalue weighted by Crippen LogP contribution is 2.18. The SMILES string of the molecule is CC1CCN(C(C)C(=O)NC(=O)NC2CCCC2)CC1. The predicted octanol–water partition coefficient (Wildman–Crippen LogP) is 1.88. The van der Waals surface area contributed by atoms with Crippen molar-refractivity contribution in [3.8, 4) is 0 Å². The van der Waals surface area contributed by atoms with Gasteiger partial charge in [0.2, 0.25) is 5.91 Å². The Bertz CT molecular complexity index is 345. The first-order chi connectivity index (χ1) is 9.56. The normalized spacial score (nSPS) is 23.5. The van der Waals surface area contributed by atoms with Crippen LogP contribution in [-0.4, -0.2) is 42.0 Å². The maximum Gasteiger partial charge on any atom is 0.321 e. The fraction of sp³-hybridized carbons (Fsp3) is 0.867. The third kappa shape index (κ3) is 4.20. The smallest absolute Gasteiger partial charge is 0.321 e. The maximum atomic E-state index is 12.1. The highest BCUT2D eigenvalue weighted by atomic mass is 16.2. The van der Waals surface area contributed by atoms with E-state index in [4.69, 9.17) is 0 Å². The van der Waals surface area contributed by atoms with Crippen LogP contribution in [0.25, 0.3) is 0 Å². The fourth-order valence-electron chi connectivity index (χ4n) is 3.09. The molecule has 0 aromatic carbocycles. The Hall–Kier alpha value is -1.10. The van der Waals surface area contributed by atoms with Crippen LogP contribution >= 0.6 is 0 Å². The van der Waals surface area contributed by atoms with Gasteiger partial charge >= 0.3 is 6.03 Å². The molecule has 0 spiro atoms. The molecule has 0 radical (unpaired) electrons. The predicted molar refractivity (Wildman–Crippen MR) is 78.4 cm³/mol. The van der Waals surface area contributed by atoms with Crippen molar-refractivity contribution in [2.24, 2.45) is 5.92 Å². The number of carbonyl (C=O) groups excluding carboxylic acids is 2. The molecule has 114 valence electrons. The molecule has 2 fully saturated rings. The van der Waals surface area contributed by atoms with Crippen molar-refractivity contribution in [3.63, 3.8) is 0 Å². The number of amides is 3. The van der Waals surface area contributed by atoms with Crippen LogP contribution in [0.1, 0.15) is 52.4 Å². The second-order valence-corrected chi connectivity index (χ2v) is 6.34. The van der Waals surface area contributed by atoms with Gasteiger partial charge in [-0.25, -0.2) is 4.79 Å². The summed E-state index contributed by atoms with van der Waals surface area (Å²) in [6.45, 7) is 6.02. The van der Waals surface area contributed by atoms with Crippen molar-refractivity contribution >= 4 is 11.9 Å². The minimum absolute atomic E-state index is 0.185. The van der Waals surface area contributed by atoms with Crippen LogP contribution in [0.4, 0.5) is 4.79 Å². The summed E-state index contributed by atoms with van der Waals surface area (Å²) in [5.41, 5.74) is 0. The zero-order chi connectivity index (χ0) is 14.5. The first kappa shape index (κ1) is 15.3. The lowest BCUT2D eigenvalue weighted by Crippen LogP contribution is -2.52. The lowest BCUT2D eigenvalue weighted by atomic mass is 9.98. The average Bonchev–Trinajstić information content (AvgIpc) is 2.91. The minimum Gasteiger partial charge on any atom is -0.335 e. The molecule has 2 N–H and O–H groups in total. The summed E-state index contributed by atoms with van der Waals surface area (Å²) < 4.78 is 0. The molecule has 5 nitrogen and oxygen atoms in total. The average molecular weight is 281 g/mol. The second kappa shape index (κ2) is 7.07. The van der Waals surface area contributed by atoms with Crippen LogP contribution in [0.5, 0.6) is 0 Å². The molecule has 2 rings (SSSR count). The minimum atomic E-state index is -0.334. The number of urea groups is 1. The Morgan fingerprint density at radius 3 is 2.30 bits per heavy atom. The van der Waals surface area contributed by atoms with E-state index >= 15 is 0 Å².